The summed E-state index contributed by atoms with van der Waals surface area (Å²) in [4.78, 5) is 11.8. The van der Waals surface area contributed by atoms with Crippen LogP contribution in [-0.4, -0.2) is 5.78 Å². The summed E-state index contributed by atoms with van der Waals surface area (Å²) in [7, 11) is 0. The molecule has 2 rings (SSSR count). The maximum Gasteiger partial charge on any atom is 0.202 e. The van der Waals surface area contributed by atoms with Crippen molar-refractivity contribution in [1.29, 1.82) is 0 Å². The summed E-state index contributed by atoms with van der Waals surface area (Å²) in [6.45, 7) is 1.78. The molecule has 17 heavy (non-hydrogen) atoms. The van der Waals surface area contributed by atoms with Crippen LogP contribution in [0.5, 0.6) is 0 Å². The Bertz CT molecular complexity index is 560. The Morgan fingerprint density at radius 2 is 2.12 bits per heavy atom. The maximum absolute atomic E-state index is 13.0. The number of aryl methyl sites for hydroxylation is 1. The number of carbonyl (C=O) groups is 1. The van der Waals surface area contributed by atoms with Gasteiger partial charge in [0.2, 0.25) is 5.78 Å². The standard InChI is InChI=1S/C13H10BrFO2/c1-8-2-5-13(17-8)12(16)7-9-3-4-11(15)10(14)6-9/h2-6H,7H2,1H3. The van der Waals surface area contributed by atoms with Gasteiger partial charge in [-0.15, -0.1) is 0 Å². The third-order valence-corrected chi connectivity index (χ3v) is 2.97. The van der Waals surface area contributed by atoms with E-state index in [1.807, 2.05) is 0 Å². The molecular formula is C13H10BrFO2. The summed E-state index contributed by atoms with van der Waals surface area (Å²) in [5.41, 5.74) is 0.748. The number of benzene rings is 1. The predicted molar refractivity (Wildman–Crippen MR) is 65.6 cm³/mol. The van der Waals surface area contributed by atoms with E-state index in [1.165, 1.54) is 6.07 Å². The third-order valence-electron chi connectivity index (χ3n) is 2.36. The minimum atomic E-state index is -0.338. The minimum Gasteiger partial charge on any atom is -0.458 e. The normalized spacial score (nSPS) is 10.5. The molecular weight excluding hydrogens is 287 g/mol. The Balaban J connectivity index is 2.15. The Kier molecular flexibility index (Phi) is 3.43. The molecule has 1 aromatic carbocycles. The lowest BCUT2D eigenvalue weighted by Crippen LogP contribution is -2.02. The number of rotatable bonds is 3. The average molecular weight is 297 g/mol. The second-order valence-corrected chi connectivity index (χ2v) is 4.61. The minimum absolute atomic E-state index is 0.114. The van der Waals surface area contributed by atoms with Crippen LogP contribution in [0.1, 0.15) is 21.9 Å². The zero-order chi connectivity index (χ0) is 12.4. The molecule has 0 saturated carbocycles. The molecule has 0 bridgehead atoms. The van der Waals surface area contributed by atoms with Crippen molar-refractivity contribution < 1.29 is 13.6 Å². The zero-order valence-corrected chi connectivity index (χ0v) is 10.8. The molecule has 0 spiro atoms. The Hall–Kier alpha value is -1.42. The molecule has 2 nitrogen and oxygen atoms in total. The van der Waals surface area contributed by atoms with E-state index in [4.69, 9.17) is 4.42 Å². The molecule has 0 aliphatic heterocycles. The Labute approximate surface area is 107 Å². The van der Waals surface area contributed by atoms with Gasteiger partial charge in [-0.05, 0) is 52.7 Å². The Morgan fingerprint density at radius 1 is 1.35 bits per heavy atom. The first-order valence-electron chi connectivity index (χ1n) is 5.10. The van der Waals surface area contributed by atoms with Crippen LogP contribution in [0.4, 0.5) is 4.39 Å². The van der Waals surface area contributed by atoms with Crippen LogP contribution >= 0.6 is 15.9 Å². The zero-order valence-electron chi connectivity index (χ0n) is 9.17. The first-order valence-corrected chi connectivity index (χ1v) is 5.89. The smallest absolute Gasteiger partial charge is 0.202 e. The number of hydrogen-bond acceptors (Lipinski definition) is 2. The van der Waals surface area contributed by atoms with Gasteiger partial charge in [-0.25, -0.2) is 4.39 Å². The topological polar surface area (TPSA) is 30.2 Å². The highest BCUT2D eigenvalue weighted by molar-refractivity contribution is 9.10. The highest BCUT2D eigenvalue weighted by atomic mass is 79.9. The van der Waals surface area contributed by atoms with Gasteiger partial charge in [0.15, 0.2) is 5.76 Å². The SMILES string of the molecule is Cc1ccc(C(=O)Cc2ccc(F)c(Br)c2)o1. The van der Waals surface area contributed by atoms with E-state index < -0.39 is 0 Å². The third kappa shape index (κ3) is 2.82. The first kappa shape index (κ1) is 12.0. The lowest BCUT2D eigenvalue weighted by atomic mass is 10.1. The van der Waals surface area contributed by atoms with E-state index in [1.54, 1.807) is 31.2 Å². The average Bonchev–Trinajstić information content (AvgIpc) is 2.70. The maximum atomic E-state index is 13.0. The van der Waals surface area contributed by atoms with Gasteiger partial charge in [0.1, 0.15) is 11.6 Å². The van der Waals surface area contributed by atoms with Gasteiger partial charge in [-0.1, -0.05) is 6.07 Å². The number of Topliss-reactive ketones (excluding diaryl/α,β-unsaturated/α-hetero) is 1. The second-order valence-electron chi connectivity index (χ2n) is 3.76. The van der Waals surface area contributed by atoms with Gasteiger partial charge in [0.25, 0.3) is 0 Å². The van der Waals surface area contributed by atoms with Gasteiger partial charge < -0.3 is 4.42 Å². The second kappa shape index (κ2) is 4.84. The van der Waals surface area contributed by atoms with Gasteiger partial charge >= 0.3 is 0 Å². The molecule has 0 aliphatic carbocycles. The van der Waals surface area contributed by atoms with E-state index in [-0.39, 0.29) is 18.0 Å². The summed E-state index contributed by atoms with van der Waals surface area (Å²) in [5, 5.41) is 0. The van der Waals surface area contributed by atoms with E-state index in [0.717, 1.165) is 5.56 Å². The summed E-state index contributed by atoms with van der Waals surface area (Å²) in [6.07, 6.45) is 0.200. The largest absolute Gasteiger partial charge is 0.458 e. The van der Waals surface area contributed by atoms with Crippen LogP contribution in [0.2, 0.25) is 0 Å². The predicted octanol–water partition coefficient (Wildman–Crippen LogP) is 3.92. The molecule has 0 aliphatic rings. The molecule has 2 aromatic rings. The molecule has 0 fully saturated rings. The van der Waals surface area contributed by atoms with Crippen molar-refractivity contribution >= 4 is 21.7 Å². The molecule has 0 unspecified atom stereocenters. The Morgan fingerprint density at radius 3 is 2.71 bits per heavy atom. The molecule has 0 atom stereocenters. The van der Waals surface area contributed by atoms with E-state index in [2.05, 4.69) is 15.9 Å². The summed E-state index contributed by atoms with van der Waals surface area (Å²) in [5.74, 6) is 0.586. The molecule has 1 aromatic heterocycles. The molecule has 1 heterocycles. The van der Waals surface area contributed by atoms with Crippen LogP contribution in [0, 0.1) is 12.7 Å². The number of halogens is 2. The van der Waals surface area contributed by atoms with Crippen LogP contribution in [0.25, 0.3) is 0 Å². The quantitative estimate of drug-likeness (QED) is 0.804. The van der Waals surface area contributed by atoms with E-state index in [9.17, 15) is 9.18 Å². The molecule has 0 N–H and O–H groups in total. The van der Waals surface area contributed by atoms with Gasteiger partial charge in [-0.2, -0.15) is 0 Å². The summed E-state index contributed by atoms with van der Waals surface area (Å²) < 4.78 is 18.6. The molecule has 88 valence electrons. The van der Waals surface area contributed by atoms with Gasteiger partial charge in [0.05, 0.1) is 4.47 Å². The lowest BCUT2D eigenvalue weighted by molar-refractivity contribution is 0.0965. The van der Waals surface area contributed by atoms with Crippen molar-refractivity contribution in [2.24, 2.45) is 0 Å². The van der Waals surface area contributed by atoms with Crippen LogP contribution < -0.4 is 0 Å². The number of hydrogen-bond donors (Lipinski definition) is 0. The molecule has 0 amide bonds. The molecule has 0 radical (unpaired) electrons. The number of carbonyl (C=O) groups excluding carboxylic acids is 1. The van der Waals surface area contributed by atoms with Crippen molar-refractivity contribution in [3.05, 3.63) is 57.7 Å². The van der Waals surface area contributed by atoms with E-state index >= 15 is 0 Å². The van der Waals surface area contributed by atoms with Crippen molar-refractivity contribution in [2.45, 2.75) is 13.3 Å². The van der Waals surface area contributed by atoms with Gasteiger partial charge in [0, 0.05) is 6.42 Å². The number of furan rings is 1. The fourth-order valence-corrected chi connectivity index (χ4v) is 1.93. The molecule has 4 heteroatoms. The highest BCUT2D eigenvalue weighted by Crippen LogP contribution is 2.18. The first-order chi connectivity index (χ1) is 8.06. The fourth-order valence-electron chi connectivity index (χ4n) is 1.51. The highest BCUT2D eigenvalue weighted by Gasteiger charge is 2.11. The number of ketones is 1. The van der Waals surface area contributed by atoms with Crippen LogP contribution in [0.3, 0.4) is 0 Å². The summed E-state index contributed by atoms with van der Waals surface area (Å²) in [6, 6.07) is 7.92. The van der Waals surface area contributed by atoms with Crippen LogP contribution in [0.15, 0.2) is 39.2 Å². The fraction of sp³-hybridized carbons (Fsp3) is 0.154. The monoisotopic (exact) mass is 296 g/mol. The van der Waals surface area contributed by atoms with Crippen molar-refractivity contribution in [2.75, 3.05) is 0 Å². The van der Waals surface area contributed by atoms with Gasteiger partial charge in [-0.3, -0.25) is 4.79 Å². The van der Waals surface area contributed by atoms with Crippen molar-refractivity contribution in [1.82, 2.24) is 0 Å². The van der Waals surface area contributed by atoms with Crippen molar-refractivity contribution in [3.8, 4) is 0 Å². The van der Waals surface area contributed by atoms with E-state index in [0.29, 0.717) is 16.0 Å². The van der Waals surface area contributed by atoms with Crippen molar-refractivity contribution in [3.63, 3.8) is 0 Å². The molecule has 0 saturated heterocycles. The summed E-state index contributed by atoms with van der Waals surface area (Å²) >= 11 is 3.09. The lowest BCUT2D eigenvalue weighted by Gasteiger charge is -2.01. The van der Waals surface area contributed by atoms with Crippen LogP contribution in [-0.2, 0) is 6.42 Å².